The van der Waals surface area contributed by atoms with Crippen LogP contribution in [0.1, 0.15) is 52.9 Å². The Labute approximate surface area is 147 Å². The maximum absolute atomic E-state index is 11.9. The molecule has 140 valence electrons. The third kappa shape index (κ3) is 4.52. The molecule has 7 nitrogen and oxygen atoms in total. The summed E-state index contributed by atoms with van der Waals surface area (Å²) in [4.78, 5) is 34.4. The first kappa shape index (κ1) is 19.3. The minimum Gasteiger partial charge on any atom is -0.481 e. The molecule has 2 aliphatic carbocycles. The van der Waals surface area contributed by atoms with Crippen LogP contribution in [0.15, 0.2) is 11.6 Å². The molecule has 0 aromatic rings. The van der Waals surface area contributed by atoms with E-state index in [9.17, 15) is 19.5 Å². The lowest BCUT2D eigenvalue weighted by atomic mass is 9.53. The fourth-order valence-corrected chi connectivity index (χ4v) is 4.03. The fraction of sp³-hybridized carbons (Fsp3) is 0.722. The van der Waals surface area contributed by atoms with Gasteiger partial charge in [0.2, 0.25) is 6.29 Å². The summed E-state index contributed by atoms with van der Waals surface area (Å²) in [6, 6.07) is 0. The summed E-state index contributed by atoms with van der Waals surface area (Å²) in [7, 11) is 0. The molecule has 0 bridgehead atoms. The minimum absolute atomic E-state index is 0.0162. The van der Waals surface area contributed by atoms with Crippen LogP contribution in [0.5, 0.6) is 0 Å². The Balaban J connectivity index is 1.91. The molecule has 0 saturated heterocycles. The van der Waals surface area contributed by atoms with Crippen LogP contribution >= 0.6 is 0 Å². The molecule has 0 aromatic heterocycles. The number of carbonyl (C=O) groups excluding carboxylic acids is 2. The average Bonchev–Trinajstić information content (AvgIpc) is 2.88. The van der Waals surface area contributed by atoms with Gasteiger partial charge in [-0.3, -0.25) is 9.59 Å². The molecule has 25 heavy (non-hydrogen) atoms. The first-order valence-corrected chi connectivity index (χ1v) is 8.85. The van der Waals surface area contributed by atoms with E-state index in [0.717, 1.165) is 19.3 Å². The van der Waals surface area contributed by atoms with Crippen LogP contribution in [0.3, 0.4) is 0 Å². The van der Waals surface area contributed by atoms with Crippen molar-refractivity contribution in [3.8, 4) is 0 Å². The number of hydrogen-bond acceptors (Lipinski definition) is 5. The number of carbonyl (C=O) groups is 3. The van der Waals surface area contributed by atoms with Crippen molar-refractivity contribution in [3.63, 3.8) is 0 Å². The van der Waals surface area contributed by atoms with E-state index in [1.807, 2.05) is 0 Å². The number of alkyl carbamates (subject to hydrolysis) is 1. The normalized spacial score (nSPS) is 28.2. The molecule has 0 unspecified atom stereocenters. The largest absolute Gasteiger partial charge is 0.481 e. The first-order chi connectivity index (χ1) is 11.8. The Morgan fingerprint density at radius 3 is 2.68 bits per heavy atom. The van der Waals surface area contributed by atoms with E-state index >= 15 is 0 Å². The smallest absolute Gasteiger partial charge is 0.410 e. The Bertz CT molecular complexity index is 572. The third-order valence-electron chi connectivity index (χ3n) is 5.22. The molecule has 1 amide bonds. The summed E-state index contributed by atoms with van der Waals surface area (Å²) >= 11 is 0. The lowest BCUT2D eigenvalue weighted by molar-refractivity contribution is -0.164. The van der Waals surface area contributed by atoms with Gasteiger partial charge in [0.25, 0.3) is 0 Å². The standard InChI is InChI=1S/C18H27NO6/c1-4-12-6-13-8-18(9-15(20)21,14(13)7-12)10-19-17(23)25-11(3)24-16(22)5-2/h7,11,13-14H,4-6,8-10H2,1-3H3,(H,19,23)(H,20,21)/t11-,13-,14-,18-/m1/s1. The number of carboxylic acids is 1. The summed E-state index contributed by atoms with van der Waals surface area (Å²) < 4.78 is 9.87. The molecule has 2 rings (SSSR count). The maximum Gasteiger partial charge on any atom is 0.410 e. The van der Waals surface area contributed by atoms with Gasteiger partial charge in [0.15, 0.2) is 0 Å². The van der Waals surface area contributed by atoms with E-state index in [0.29, 0.717) is 5.92 Å². The molecule has 0 aliphatic heterocycles. The number of ether oxygens (including phenoxy) is 2. The van der Waals surface area contributed by atoms with Gasteiger partial charge in [-0.2, -0.15) is 0 Å². The molecule has 1 saturated carbocycles. The highest BCUT2D eigenvalue weighted by Gasteiger charge is 2.55. The average molecular weight is 353 g/mol. The zero-order valence-corrected chi connectivity index (χ0v) is 15.0. The molecule has 0 radical (unpaired) electrons. The van der Waals surface area contributed by atoms with Crippen LogP contribution in [-0.2, 0) is 19.1 Å². The number of hydrogen-bond donors (Lipinski definition) is 2. The molecular weight excluding hydrogens is 326 g/mol. The number of allylic oxidation sites excluding steroid dienone is 2. The van der Waals surface area contributed by atoms with E-state index in [1.54, 1.807) is 6.92 Å². The minimum atomic E-state index is -0.977. The van der Waals surface area contributed by atoms with Gasteiger partial charge in [0.1, 0.15) is 0 Å². The van der Waals surface area contributed by atoms with Gasteiger partial charge in [-0.15, -0.1) is 0 Å². The third-order valence-corrected chi connectivity index (χ3v) is 5.22. The number of esters is 1. The van der Waals surface area contributed by atoms with Gasteiger partial charge < -0.3 is 19.9 Å². The van der Waals surface area contributed by atoms with Gasteiger partial charge in [-0.05, 0) is 31.1 Å². The van der Waals surface area contributed by atoms with Crippen molar-refractivity contribution >= 4 is 18.0 Å². The molecular formula is C18H27NO6. The van der Waals surface area contributed by atoms with Crippen LogP contribution in [-0.4, -0.2) is 36.0 Å². The predicted octanol–water partition coefficient (Wildman–Crippen LogP) is 2.85. The van der Waals surface area contributed by atoms with Crippen molar-refractivity contribution in [2.24, 2.45) is 17.3 Å². The zero-order valence-electron chi connectivity index (χ0n) is 15.0. The number of nitrogens with one attached hydrogen (secondary N) is 1. The number of rotatable bonds is 8. The van der Waals surface area contributed by atoms with Crippen LogP contribution < -0.4 is 5.32 Å². The summed E-state index contributed by atoms with van der Waals surface area (Å²) in [5.74, 6) is -0.643. The lowest BCUT2D eigenvalue weighted by Crippen LogP contribution is -2.53. The quantitative estimate of drug-likeness (QED) is 0.395. The van der Waals surface area contributed by atoms with Crippen LogP contribution in [0, 0.1) is 17.3 Å². The van der Waals surface area contributed by atoms with Crippen LogP contribution in [0.2, 0.25) is 0 Å². The molecule has 0 aromatic carbocycles. The highest BCUT2D eigenvalue weighted by Crippen LogP contribution is 2.59. The highest BCUT2D eigenvalue weighted by molar-refractivity contribution is 5.71. The Hall–Kier alpha value is -2.05. The lowest BCUT2D eigenvalue weighted by Gasteiger charge is -2.51. The van der Waals surface area contributed by atoms with Crippen molar-refractivity contribution in [2.45, 2.75) is 59.2 Å². The second kappa shape index (κ2) is 7.89. The molecule has 4 atom stereocenters. The maximum atomic E-state index is 11.9. The molecule has 7 heteroatoms. The van der Waals surface area contributed by atoms with Crippen molar-refractivity contribution in [1.82, 2.24) is 5.32 Å². The topological polar surface area (TPSA) is 102 Å². The van der Waals surface area contributed by atoms with E-state index in [1.165, 1.54) is 12.5 Å². The second-order valence-corrected chi connectivity index (χ2v) is 6.98. The Kier molecular flexibility index (Phi) is 6.08. The highest BCUT2D eigenvalue weighted by atomic mass is 16.7. The predicted molar refractivity (Wildman–Crippen MR) is 89.6 cm³/mol. The van der Waals surface area contributed by atoms with E-state index in [4.69, 9.17) is 9.47 Å². The zero-order chi connectivity index (χ0) is 18.6. The van der Waals surface area contributed by atoms with Crippen LogP contribution in [0.4, 0.5) is 4.79 Å². The van der Waals surface area contributed by atoms with Crippen molar-refractivity contribution in [1.29, 1.82) is 0 Å². The number of amides is 1. The van der Waals surface area contributed by atoms with Crippen molar-refractivity contribution in [3.05, 3.63) is 11.6 Å². The molecule has 1 fully saturated rings. The Morgan fingerprint density at radius 2 is 2.08 bits per heavy atom. The van der Waals surface area contributed by atoms with E-state index < -0.39 is 29.7 Å². The van der Waals surface area contributed by atoms with Gasteiger partial charge in [0.05, 0.1) is 6.42 Å². The van der Waals surface area contributed by atoms with Crippen molar-refractivity contribution in [2.75, 3.05) is 6.54 Å². The molecule has 2 aliphatic rings. The SMILES string of the molecule is CCC(=O)O[C@@H](C)OC(=O)NC[C@]1(CC(=O)O)C[C@H]2CC(CC)=C[C@H]21. The molecule has 2 N–H and O–H groups in total. The summed E-state index contributed by atoms with van der Waals surface area (Å²) in [5, 5.41) is 11.9. The summed E-state index contributed by atoms with van der Waals surface area (Å²) in [6.45, 7) is 5.45. The number of aliphatic carboxylic acids is 1. The number of fused-ring (bicyclic) bond motifs is 1. The van der Waals surface area contributed by atoms with Gasteiger partial charge in [-0.1, -0.05) is 25.5 Å². The van der Waals surface area contributed by atoms with Gasteiger partial charge in [-0.25, -0.2) is 4.79 Å². The Morgan fingerprint density at radius 1 is 1.36 bits per heavy atom. The van der Waals surface area contributed by atoms with Gasteiger partial charge in [0, 0.05) is 25.3 Å². The first-order valence-electron chi connectivity index (χ1n) is 8.85. The fourth-order valence-electron chi connectivity index (χ4n) is 4.03. The van der Waals surface area contributed by atoms with Crippen molar-refractivity contribution < 1.29 is 29.0 Å². The summed E-state index contributed by atoms with van der Waals surface area (Å²) in [5.41, 5.74) is 0.903. The van der Waals surface area contributed by atoms with Gasteiger partial charge >= 0.3 is 18.0 Å². The summed E-state index contributed by atoms with van der Waals surface area (Å²) in [6.07, 6.45) is 3.51. The molecule has 0 spiro atoms. The molecule has 0 heterocycles. The number of carboxylic acid groups (broad SMARTS) is 1. The van der Waals surface area contributed by atoms with Crippen LogP contribution in [0.25, 0.3) is 0 Å². The second-order valence-electron chi connectivity index (χ2n) is 6.98. The monoisotopic (exact) mass is 353 g/mol. The van der Waals surface area contributed by atoms with E-state index in [-0.39, 0.29) is 25.3 Å². The van der Waals surface area contributed by atoms with E-state index in [2.05, 4.69) is 18.3 Å².